The summed E-state index contributed by atoms with van der Waals surface area (Å²) in [6, 6.07) is 16.4. The third-order valence-electron chi connectivity index (χ3n) is 4.06. The van der Waals surface area contributed by atoms with Crippen LogP contribution < -0.4 is 14.8 Å². The lowest BCUT2D eigenvalue weighted by atomic mass is 10.1. The van der Waals surface area contributed by atoms with Crippen LogP contribution in [0.15, 0.2) is 48.5 Å². The summed E-state index contributed by atoms with van der Waals surface area (Å²) in [5.74, 6) is 2.48. The van der Waals surface area contributed by atoms with Crippen molar-refractivity contribution < 1.29 is 9.47 Å². The van der Waals surface area contributed by atoms with Crippen LogP contribution in [-0.4, -0.2) is 19.3 Å². The van der Waals surface area contributed by atoms with Gasteiger partial charge in [-0.1, -0.05) is 39.0 Å². The predicted octanol–water partition coefficient (Wildman–Crippen LogP) is 5.55. The quantitative estimate of drug-likeness (QED) is 0.614. The molecule has 1 N–H and O–H groups in total. The zero-order valence-electron chi connectivity index (χ0n) is 15.9. The number of nitrogens with one attached hydrogen (secondary N) is 1. The van der Waals surface area contributed by atoms with Crippen LogP contribution in [0.3, 0.4) is 0 Å². The molecule has 3 heteroatoms. The van der Waals surface area contributed by atoms with Gasteiger partial charge < -0.3 is 14.8 Å². The monoisotopic (exact) mass is 341 g/mol. The number of aryl methyl sites for hydroxylation is 1. The Labute approximate surface area is 152 Å². The van der Waals surface area contributed by atoms with Crippen molar-refractivity contribution in [2.75, 3.05) is 18.5 Å². The SMILES string of the molecule is CCc1ccc(OC(C)CNc2cccc(OCCC(C)C)c2)cc1. The van der Waals surface area contributed by atoms with Crippen LogP contribution in [0.2, 0.25) is 0 Å². The molecule has 0 bridgehead atoms. The first-order valence-corrected chi connectivity index (χ1v) is 9.29. The van der Waals surface area contributed by atoms with Crippen LogP contribution in [-0.2, 0) is 6.42 Å². The number of hydrogen-bond donors (Lipinski definition) is 1. The molecule has 0 amide bonds. The van der Waals surface area contributed by atoms with Crippen molar-refractivity contribution in [1.29, 1.82) is 0 Å². The van der Waals surface area contributed by atoms with Gasteiger partial charge in [0, 0.05) is 11.8 Å². The molecule has 0 aliphatic heterocycles. The molecule has 1 atom stereocenters. The molecule has 0 aliphatic rings. The molecule has 2 aromatic carbocycles. The van der Waals surface area contributed by atoms with Crippen molar-refractivity contribution >= 4 is 5.69 Å². The molecule has 0 saturated carbocycles. The Balaban J connectivity index is 1.79. The van der Waals surface area contributed by atoms with Gasteiger partial charge in [0.2, 0.25) is 0 Å². The maximum Gasteiger partial charge on any atom is 0.121 e. The summed E-state index contributed by atoms with van der Waals surface area (Å²) in [7, 11) is 0. The van der Waals surface area contributed by atoms with E-state index in [0.717, 1.165) is 43.2 Å². The van der Waals surface area contributed by atoms with Gasteiger partial charge in [0.25, 0.3) is 0 Å². The van der Waals surface area contributed by atoms with E-state index in [-0.39, 0.29) is 6.10 Å². The van der Waals surface area contributed by atoms with Crippen LogP contribution in [0.25, 0.3) is 0 Å². The molecule has 0 spiro atoms. The standard InChI is InChI=1S/C22H31NO2/c1-5-19-9-11-21(12-10-19)25-18(4)16-23-20-7-6-8-22(15-20)24-14-13-17(2)3/h6-12,15,17-18,23H,5,13-14,16H2,1-4H3. The molecule has 0 fully saturated rings. The molecule has 0 saturated heterocycles. The van der Waals surface area contributed by atoms with Gasteiger partial charge in [-0.15, -0.1) is 0 Å². The van der Waals surface area contributed by atoms with E-state index in [4.69, 9.17) is 9.47 Å². The Kier molecular flexibility index (Phi) is 7.65. The Hall–Kier alpha value is -2.16. The highest BCUT2D eigenvalue weighted by atomic mass is 16.5. The molecule has 0 radical (unpaired) electrons. The van der Waals surface area contributed by atoms with E-state index in [9.17, 15) is 0 Å². The van der Waals surface area contributed by atoms with Crippen LogP contribution in [0, 0.1) is 5.92 Å². The van der Waals surface area contributed by atoms with E-state index in [0.29, 0.717) is 5.92 Å². The molecule has 25 heavy (non-hydrogen) atoms. The van der Waals surface area contributed by atoms with Crippen LogP contribution in [0.5, 0.6) is 11.5 Å². The first-order chi connectivity index (χ1) is 12.1. The van der Waals surface area contributed by atoms with Gasteiger partial charge in [-0.3, -0.25) is 0 Å². The van der Waals surface area contributed by atoms with Gasteiger partial charge in [0.05, 0.1) is 13.2 Å². The smallest absolute Gasteiger partial charge is 0.121 e. The number of rotatable bonds is 10. The minimum Gasteiger partial charge on any atom is -0.494 e. The maximum atomic E-state index is 5.96. The zero-order valence-corrected chi connectivity index (χ0v) is 15.9. The van der Waals surface area contributed by atoms with Gasteiger partial charge in [0.15, 0.2) is 0 Å². The van der Waals surface area contributed by atoms with Crippen molar-refractivity contribution in [1.82, 2.24) is 0 Å². The third kappa shape index (κ3) is 7.08. The fourth-order valence-corrected chi connectivity index (χ4v) is 2.45. The van der Waals surface area contributed by atoms with E-state index in [1.54, 1.807) is 0 Å². The summed E-state index contributed by atoms with van der Waals surface area (Å²) < 4.78 is 11.8. The second-order valence-corrected chi connectivity index (χ2v) is 6.87. The lowest BCUT2D eigenvalue weighted by molar-refractivity contribution is 0.234. The van der Waals surface area contributed by atoms with Crippen molar-refractivity contribution in [3.05, 3.63) is 54.1 Å². The average molecular weight is 341 g/mol. The highest BCUT2D eigenvalue weighted by Gasteiger charge is 2.05. The fraction of sp³-hybridized carbons (Fsp3) is 0.455. The molecule has 0 heterocycles. The van der Waals surface area contributed by atoms with E-state index < -0.39 is 0 Å². The molecule has 0 aliphatic carbocycles. The Morgan fingerprint density at radius 2 is 1.72 bits per heavy atom. The van der Waals surface area contributed by atoms with E-state index >= 15 is 0 Å². The number of hydrogen-bond acceptors (Lipinski definition) is 3. The van der Waals surface area contributed by atoms with E-state index in [1.807, 2.05) is 30.3 Å². The molecule has 2 rings (SSSR count). The lowest BCUT2D eigenvalue weighted by Crippen LogP contribution is -2.22. The Bertz CT molecular complexity index is 622. The van der Waals surface area contributed by atoms with Gasteiger partial charge >= 0.3 is 0 Å². The van der Waals surface area contributed by atoms with E-state index in [2.05, 4.69) is 51.2 Å². The molecule has 0 aromatic heterocycles. The average Bonchev–Trinajstić information content (AvgIpc) is 2.61. The Morgan fingerprint density at radius 1 is 0.960 bits per heavy atom. The van der Waals surface area contributed by atoms with Crippen molar-refractivity contribution in [3.8, 4) is 11.5 Å². The highest BCUT2D eigenvalue weighted by molar-refractivity contribution is 5.48. The lowest BCUT2D eigenvalue weighted by Gasteiger charge is -2.17. The molecule has 2 aromatic rings. The maximum absolute atomic E-state index is 5.96. The third-order valence-corrected chi connectivity index (χ3v) is 4.06. The summed E-state index contributed by atoms with van der Waals surface area (Å²) >= 11 is 0. The molecular weight excluding hydrogens is 310 g/mol. The minimum atomic E-state index is 0.0815. The second kappa shape index (κ2) is 9.97. The normalized spacial score (nSPS) is 12.0. The summed E-state index contributed by atoms with van der Waals surface area (Å²) in [6.07, 6.45) is 2.20. The fourth-order valence-electron chi connectivity index (χ4n) is 2.45. The molecule has 3 nitrogen and oxygen atoms in total. The van der Waals surface area contributed by atoms with Crippen LogP contribution in [0.1, 0.15) is 39.7 Å². The first kappa shape index (κ1) is 19.2. The number of benzene rings is 2. The topological polar surface area (TPSA) is 30.5 Å². The predicted molar refractivity (Wildman–Crippen MR) is 106 cm³/mol. The summed E-state index contributed by atoms with van der Waals surface area (Å²) in [5, 5.41) is 3.42. The summed E-state index contributed by atoms with van der Waals surface area (Å²) in [6.45, 7) is 10.1. The van der Waals surface area contributed by atoms with Crippen molar-refractivity contribution in [2.45, 2.75) is 46.6 Å². The molecular formula is C22H31NO2. The van der Waals surface area contributed by atoms with Gasteiger partial charge in [-0.2, -0.15) is 0 Å². The zero-order chi connectivity index (χ0) is 18.1. The molecule has 1 unspecified atom stereocenters. The van der Waals surface area contributed by atoms with Crippen LogP contribution >= 0.6 is 0 Å². The number of ether oxygens (including phenoxy) is 2. The minimum absolute atomic E-state index is 0.0815. The van der Waals surface area contributed by atoms with Gasteiger partial charge in [0.1, 0.15) is 17.6 Å². The first-order valence-electron chi connectivity index (χ1n) is 9.29. The highest BCUT2D eigenvalue weighted by Crippen LogP contribution is 2.19. The van der Waals surface area contributed by atoms with Crippen molar-refractivity contribution in [2.24, 2.45) is 5.92 Å². The van der Waals surface area contributed by atoms with Gasteiger partial charge in [-0.05, 0) is 55.5 Å². The van der Waals surface area contributed by atoms with Gasteiger partial charge in [-0.25, -0.2) is 0 Å². The molecule has 136 valence electrons. The summed E-state index contributed by atoms with van der Waals surface area (Å²) in [5.41, 5.74) is 2.38. The van der Waals surface area contributed by atoms with Crippen LogP contribution in [0.4, 0.5) is 5.69 Å². The largest absolute Gasteiger partial charge is 0.494 e. The summed E-state index contributed by atoms with van der Waals surface area (Å²) in [4.78, 5) is 0. The number of anilines is 1. The Morgan fingerprint density at radius 3 is 2.40 bits per heavy atom. The van der Waals surface area contributed by atoms with Crippen molar-refractivity contribution in [3.63, 3.8) is 0 Å². The second-order valence-electron chi connectivity index (χ2n) is 6.87. The van der Waals surface area contributed by atoms with E-state index in [1.165, 1.54) is 5.56 Å².